The summed E-state index contributed by atoms with van der Waals surface area (Å²) in [5.74, 6) is 0.574. The number of ketones is 1. The minimum absolute atomic E-state index is 0.0661. The summed E-state index contributed by atoms with van der Waals surface area (Å²) in [6.45, 7) is 6.67. The fourth-order valence-corrected chi connectivity index (χ4v) is 3.20. The van der Waals surface area contributed by atoms with E-state index in [4.69, 9.17) is 0 Å². The maximum Gasteiger partial charge on any atom is 0.193 e. The Kier molecular flexibility index (Phi) is 5.14. The van der Waals surface area contributed by atoms with Gasteiger partial charge < -0.3 is 0 Å². The van der Waals surface area contributed by atoms with Crippen LogP contribution >= 0.6 is 0 Å². The molecule has 3 aromatic carbocycles. The van der Waals surface area contributed by atoms with Crippen LogP contribution in [0.4, 0.5) is 0 Å². The largest absolute Gasteiger partial charge is 0.289 e. The molecule has 0 unspecified atom stereocenters. The van der Waals surface area contributed by atoms with Gasteiger partial charge in [0, 0.05) is 11.1 Å². The average Bonchev–Trinajstić information content (AvgIpc) is 2.67. The molecule has 0 atom stereocenters. The first-order chi connectivity index (χ1) is 12.1. The fourth-order valence-electron chi connectivity index (χ4n) is 3.20. The number of carbonyl (C=O) groups excluding carboxylic acids is 1. The monoisotopic (exact) mass is 328 g/mol. The number of hydrogen-bond donors (Lipinski definition) is 0. The van der Waals surface area contributed by atoms with E-state index in [1.54, 1.807) is 0 Å². The van der Waals surface area contributed by atoms with Crippen LogP contribution in [0.2, 0.25) is 0 Å². The predicted molar refractivity (Wildman–Crippen MR) is 105 cm³/mol. The summed E-state index contributed by atoms with van der Waals surface area (Å²) in [6, 6.07) is 24.1. The Labute approximate surface area is 150 Å². The second kappa shape index (κ2) is 7.48. The van der Waals surface area contributed by atoms with E-state index >= 15 is 0 Å². The third-order valence-corrected chi connectivity index (χ3v) is 4.67. The third kappa shape index (κ3) is 3.71. The predicted octanol–water partition coefficient (Wildman–Crippen LogP) is 6.27. The van der Waals surface area contributed by atoms with Crippen LogP contribution in [0.1, 0.15) is 53.7 Å². The summed E-state index contributed by atoms with van der Waals surface area (Å²) in [5, 5.41) is 0. The van der Waals surface area contributed by atoms with Crippen molar-refractivity contribution in [1.82, 2.24) is 0 Å². The van der Waals surface area contributed by atoms with E-state index in [9.17, 15) is 4.79 Å². The molecule has 0 heterocycles. The zero-order chi connectivity index (χ0) is 17.8. The molecule has 0 aliphatic rings. The van der Waals surface area contributed by atoms with Crippen molar-refractivity contribution in [1.29, 1.82) is 0 Å². The summed E-state index contributed by atoms with van der Waals surface area (Å²) in [5.41, 5.74) is 6.63. The SMILES string of the molecule is CCc1ccc(-c2ccc(C(=O)c3ccccc3)cc2)cc1C(C)C. The topological polar surface area (TPSA) is 17.1 Å². The first-order valence-electron chi connectivity index (χ1n) is 8.93. The number of benzene rings is 3. The smallest absolute Gasteiger partial charge is 0.193 e. The molecule has 1 heteroatoms. The Morgan fingerprint density at radius 2 is 1.40 bits per heavy atom. The van der Waals surface area contributed by atoms with Gasteiger partial charge in [0.15, 0.2) is 5.78 Å². The lowest BCUT2D eigenvalue weighted by Crippen LogP contribution is -2.00. The van der Waals surface area contributed by atoms with E-state index in [0.717, 1.165) is 23.1 Å². The highest BCUT2D eigenvalue weighted by atomic mass is 16.1. The van der Waals surface area contributed by atoms with Gasteiger partial charge in [-0.15, -0.1) is 0 Å². The van der Waals surface area contributed by atoms with Crippen LogP contribution in [0.5, 0.6) is 0 Å². The first kappa shape index (κ1) is 17.2. The lowest BCUT2D eigenvalue weighted by molar-refractivity contribution is 0.103. The summed E-state index contributed by atoms with van der Waals surface area (Å²) < 4.78 is 0. The molecule has 126 valence electrons. The number of aryl methyl sites for hydroxylation is 1. The zero-order valence-electron chi connectivity index (χ0n) is 15.1. The molecule has 0 aliphatic carbocycles. The molecule has 3 aromatic rings. The molecule has 0 radical (unpaired) electrons. The average molecular weight is 328 g/mol. The lowest BCUT2D eigenvalue weighted by Gasteiger charge is -2.14. The Morgan fingerprint density at radius 3 is 2.00 bits per heavy atom. The molecule has 0 saturated carbocycles. The summed E-state index contributed by atoms with van der Waals surface area (Å²) in [6.07, 6.45) is 1.05. The summed E-state index contributed by atoms with van der Waals surface area (Å²) in [4.78, 5) is 12.5. The number of hydrogen-bond acceptors (Lipinski definition) is 1. The van der Waals surface area contributed by atoms with E-state index in [2.05, 4.69) is 39.0 Å². The standard InChI is InChI=1S/C24H24O/c1-4-18-10-15-22(16-23(18)17(2)3)19-11-13-21(14-12-19)24(25)20-8-6-5-7-9-20/h5-17H,4H2,1-3H3. The highest BCUT2D eigenvalue weighted by molar-refractivity contribution is 6.09. The summed E-state index contributed by atoms with van der Waals surface area (Å²) in [7, 11) is 0. The molecule has 0 amide bonds. The minimum Gasteiger partial charge on any atom is -0.289 e. The van der Waals surface area contributed by atoms with Gasteiger partial charge in [-0.1, -0.05) is 93.6 Å². The van der Waals surface area contributed by atoms with Gasteiger partial charge in [-0.3, -0.25) is 4.79 Å². The normalized spacial score (nSPS) is 10.9. The van der Waals surface area contributed by atoms with Crippen LogP contribution in [0.15, 0.2) is 72.8 Å². The van der Waals surface area contributed by atoms with Gasteiger partial charge in [0.1, 0.15) is 0 Å². The Bertz CT molecular complexity index is 858. The molecule has 0 bridgehead atoms. The molecule has 0 N–H and O–H groups in total. The second-order valence-corrected chi connectivity index (χ2v) is 6.69. The van der Waals surface area contributed by atoms with Crippen LogP contribution < -0.4 is 0 Å². The van der Waals surface area contributed by atoms with Crippen molar-refractivity contribution in [2.75, 3.05) is 0 Å². The van der Waals surface area contributed by atoms with E-state index in [-0.39, 0.29) is 5.78 Å². The zero-order valence-corrected chi connectivity index (χ0v) is 15.1. The van der Waals surface area contributed by atoms with Crippen molar-refractivity contribution in [2.45, 2.75) is 33.1 Å². The van der Waals surface area contributed by atoms with Crippen molar-refractivity contribution in [3.8, 4) is 11.1 Å². The maximum absolute atomic E-state index is 12.5. The Morgan fingerprint density at radius 1 is 0.800 bits per heavy atom. The van der Waals surface area contributed by atoms with Crippen LogP contribution in [0.3, 0.4) is 0 Å². The second-order valence-electron chi connectivity index (χ2n) is 6.69. The molecule has 0 fully saturated rings. The molecular weight excluding hydrogens is 304 g/mol. The van der Waals surface area contributed by atoms with E-state index < -0.39 is 0 Å². The molecule has 0 aromatic heterocycles. The van der Waals surface area contributed by atoms with Crippen molar-refractivity contribution < 1.29 is 4.79 Å². The fraction of sp³-hybridized carbons (Fsp3) is 0.208. The molecule has 0 spiro atoms. The molecular formula is C24H24O. The Balaban J connectivity index is 1.90. The summed E-state index contributed by atoms with van der Waals surface area (Å²) >= 11 is 0. The van der Waals surface area contributed by atoms with Gasteiger partial charge in [0.25, 0.3) is 0 Å². The van der Waals surface area contributed by atoms with Gasteiger partial charge in [0.2, 0.25) is 0 Å². The third-order valence-electron chi connectivity index (χ3n) is 4.67. The van der Waals surface area contributed by atoms with Crippen molar-refractivity contribution in [3.05, 3.63) is 95.1 Å². The molecule has 1 nitrogen and oxygen atoms in total. The van der Waals surface area contributed by atoms with Gasteiger partial charge in [-0.2, -0.15) is 0 Å². The van der Waals surface area contributed by atoms with Gasteiger partial charge in [-0.25, -0.2) is 0 Å². The molecule has 25 heavy (non-hydrogen) atoms. The maximum atomic E-state index is 12.5. The van der Waals surface area contributed by atoms with Crippen LogP contribution in [0.25, 0.3) is 11.1 Å². The van der Waals surface area contributed by atoms with Crippen LogP contribution in [0, 0.1) is 0 Å². The molecule has 0 aliphatic heterocycles. The van der Waals surface area contributed by atoms with Crippen LogP contribution in [-0.2, 0) is 6.42 Å². The first-order valence-corrected chi connectivity index (χ1v) is 8.93. The Hall–Kier alpha value is -2.67. The van der Waals surface area contributed by atoms with E-state index in [0.29, 0.717) is 5.92 Å². The number of carbonyl (C=O) groups is 1. The van der Waals surface area contributed by atoms with Gasteiger partial charge in [-0.05, 0) is 34.6 Å². The van der Waals surface area contributed by atoms with E-state index in [1.165, 1.54) is 16.7 Å². The van der Waals surface area contributed by atoms with Gasteiger partial charge >= 0.3 is 0 Å². The number of rotatable bonds is 5. The molecule has 3 rings (SSSR count). The van der Waals surface area contributed by atoms with Crippen LogP contribution in [-0.4, -0.2) is 5.78 Å². The minimum atomic E-state index is 0.0661. The lowest BCUT2D eigenvalue weighted by atomic mass is 9.91. The van der Waals surface area contributed by atoms with Crippen molar-refractivity contribution in [3.63, 3.8) is 0 Å². The van der Waals surface area contributed by atoms with Crippen molar-refractivity contribution >= 4 is 5.78 Å². The van der Waals surface area contributed by atoms with E-state index in [1.807, 2.05) is 54.6 Å². The van der Waals surface area contributed by atoms with Gasteiger partial charge in [0.05, 0.1) is 0 Å². The molecule has 0 saturated heterocycles. The quantitative estimate of drug-likeness (QED) is 0.504. The van der Waals surface area contributed by atoms with Crippen molar-refractivity contribution in [2.24, 2.45) is 0 Å². The highest BCUT2D eigenvalue weighted by Gasteiger charge is 2.10. The highest BCUT2D eigenvalue weighted by Crippen LogP contribution is 2.28.